The van der Waals surface area contributed by atoms with Crippen molar-refractivity contribution < 1.29 is 13.2 Å². The van der Waals surface area contributed by atoms with Crippen LogP contribution in [0.25, 0.3) is 0 Å². The third kappa shape index (κ3) is 4.44. The number of carbonyl (C=O) groups excluding carboxylic acids is 1. The first kappa shape index (κ1) is 21.1. The minimum absolute atomic E-state index is 0.0265. The minimum Gasteiger partial charge on any atom is -0.341 e. The van der Waals surface area contributed by atoms with Gasteiger partial charge in [-0.1, -0.05) is 48.0 Å². The fraction of sp³-hybridized carbons (Fsp3) is 0.458. The van der Waals surface area contributed by atoms with Crippen LogP contribution < -0.4 is 0 Å². The van der Waals surface area contributed by atoms with Crippen LogP contribution in [0.4, 0.5) is 0 Å². The van der Waals surface area contributed by atoms with Crippen molar-refractivity contribution >= 4 is 15.9 Å². The lowest BCUT2D eigenvalue weighted by Gasteiger charge is -2.35. The van der Waals surface area contributed by atoms with Gasteiger partial charge in [0.25, 0.3) is 0 Å². The quantitative estimate of drug-likeness (QED) is 0.734. The number of benzene rings is 2. The molecule has 2 aliphatic heterocycles. The van der Waals surface area contributed by atoms with Crippen molar-refractivity contribution in [2.45, 2.75) is 50.0 Å². The maximum atomic E-state index is 13.2. The molecule has 0 N–H and O–H groups in total. The zero-order chi connectivity index (χ0) is 21.1. The topological polar surface area (TPSA) is 57.7 Å². The van der Waals surface area contributed by atoms with Gasteiger partial charge in [0.05, 0.1) is 4.90 Å². The zero-order valence-electron chi connectivity index (χ0n) is 17.5. The van der Waals surface area contributed by atoms with E-state index in [1.54, 1.807) is 24.3 Å². The summed E-state index contributed by atoms with van der Waals surface area (Å²) in [4.78, 5) is 15.4. The molecule has 1 unspecified atom stereocenters. The van der Waals surface area contributed by atoms with Gasteiger partial charge in [-0.05, 0) is 62.6 Å². The fourth-order valence-corrected chi connectivity index (χ4v) is 6.29. The average molecular weight is 427 g/mol. The number of aryl methyl sites for hydroxylation is 1. The van der Waals surface area contributed by atoms with E-state index < -0.39 is 16.1 Å². The Morgan fingerprint density at radius 2 is 1.60 bits per heavy atom. The molecule has 6 heteroatoms. The molecule has 4 rings (SSSR count). The van der Waals surface area contributed by atoms with Gasteiger partial charge in [-0.25, -0.2) is 8.42 Å². The monoisotopic (exact) mass is 426 g/mol. The SMILES string of the molecule is Cc1ccc(S(=O)(=O)N2CCCC2C(=O)N2CCC(Cc3ccccc3)CC2)cc1. The van der Waals surface area contributed by atoms with Crippen molar-refractivity contribution in [2.24, 2.45) is 5.92 Å². The van der Waals surface area contributed by atoms with Crippen LogP contribution in [-0.2, 0) is 21.2 Å². The van der Waals surface area contributed by atoms with E-state index in [9.17, 15) is 13.2 Å². The van der Waals surface area contributed by atoms with Gasteiger partial charge in [0.2, 0.25) is 15.9 Å². The predicted octanol–water partition coefficient (Wildman–Crippen LogP) is 3.63. The molecule has 2 aliphatic rings. The molecule has 0 aromatic heterocycles. The van der Waals surface area contributed by atoms with Crippen molar-refractivity contribution in [3.63, 3.8) is 0 Å². The fourth-order valence-electron chi connectivity index (χ4n) is 4.64. The Balaban J connectivity index is 1.40. The lowest BCUT2D eigenvalue weighted by atomic mass is 9.90. The molecule has 0 radical (unpaired) electrons. The molecule has 2 aromatic carbocycles. The van der Waals surface area contributed by atoms with Gasteiger partial charge in [0.1, 0.15) is 6.04 Å². The van der Waals surface area contributed by atoms with Crippen LogP contribution in [-0.4, -0.2) is 49.2 Å². The molecule has 2 heterocycles. The first-order valence-corrected chi connectivity index (χ1v) is 12.3. The third-order valence-electron chi connectivity index (χ3n) is 6.41. The molecule has 2 saturated heterocycles. The molecule has 160 valence electrons. The minimum atomic E-state index is -3.65. The first-order chi connectivity index (χ1) is 14.4. The molecule has 0 spiro atoms. The van der Waals surface area contributed by atoms with Crippen LogP contribution in [0.5, 0.6) is 0 Å². The molecule has 0 bridgehead atoms. The second kappa shape index (κ2) is 8.90. The van der Waals surface area contributed by atoms with Gasteiger partial charge in [-0.15, -0.1) is 0 Å². The largest absolute Gasteiger partial charge is 0.341 e. The van der Waals surface area contributed by atoms with E-state index >= 15 is 0 Å². The number of hydrogen-bond acceptors (Lipinski definition) is 3. The lowest BCUT2D eigenvalue weighted by molar-refractivity contribution is -0.136. The highest BCUT2D eigenvalue weighted by atomic mass is 32.2. The van der Waals surface area contributed by atoms with E-state index in [-0.39, 0.29) is 10.8 Å². The maximum absolute atomic E-state index is 13.2. The van der Waals surface area contributed by atoms with E-state index in [1.807, 2.05) is 17.9 Å². The van der Waals surface area contributed by atoms with Crippen LogP contribution in [0.2, 0.25) is 0 Å². The number of amides is 1. The molecule has 5 nitrogen and oxygen atoms in total. The summed E-state index contributed by atoms with van der Waals surface area (Å²) in [5.41, 5.74) is 2.36. The third-order valence-corrected chi connectivity index (χ3v) is 8.33. The Kier molecular flexibility index (Phi) is 6.25. The molecular weight excluding hydrogens is 396 g/mol. The van der Waals surface area contributed by atoms with Crippen LogP contribution in [0, 0.1) is 12.8 Å². The Hall–Kier alpha value is -2.18. The normalized spacial score (nSPS) is 21.1. The Morgan fingerprint density at radius 3 is 2.27 bits per heavy atom. The summed E-state index contributed by atoms with van der Waals surface area (Å²) in [6.45, 7) is 3.77. The number of sulfonamides is 1. The standard InChI is InChI=1S/C24H30N2O3S/c1-19-9-11-22(12-10-19)30(28,29)26-15-5-8-23(26)24(27)25-16-13-21(14-17-25)18-20-6-3-2-4-7-20/h2-4,6-7,9-12,21,23H,5,8,13-18H2,1H3. The van der Waals surface area contributed by atoms with Gasteiger partial charge in [0.15, 0.2) is 0 Å². The average Bonchev–Trinajstić information content (AvgIpc) is 3.26. The lowest BCUT2D eigenvalue weighted by Crippen LogP contribution is -2.50. The van der Waals surface area contributed by atoms with E-state index in [2.05, 4.69) is 24.3 Å². The number of hydrogen-bond donors (Lipinski definition) is 0. The van der Waals surface area contributed by atoms with E-state index in [0.29, 0.717) is 32.0 Å². The predicted molar refractivity (Wildman–Crippen MR) is 118 cm³/mol. The van der Waals surface area contributed by atoms with Gasteiger partial charge in [-0.2, -0.15) is 4.31 Å². The van der Waals surface area contributed by atoms with Crippen LogP contribution in [0.15, 0.2) is 59.5 Å². The highest BCUT2D eigenvalue weighted by Crippen LogP contribution is 2.29. The number of rotatable bonds is 5. The number of carbonyl (C=O) groups is 1. The van der Waals surface area contributed by atoms with E-state index in [1.165, 1.54) is 9.87 Å². The smallest absolute Gasteiger partial charge is 0.243 e. The van der Waals surface area contributed by atoms with Crippen molar-refractivity contribution in [1.82, 2.24) is 9.21 Å². The maximum Gasteiger partial charge on any atom is 0.243 e. The molecule has 1 amide bonds. The van der Waals surface area contributed by atoms with Crippen LogP contribution in [0.3, 0.4) is 0 Å². The summed E-state index contributed by atoms with van der Waals surface area (Å²) >= 11 is 0. The highest BCUT2D eigenvalue weighted by molar-refractivity contribution is 7.89. The van der Waals surface area contributed by atoms with Crippen molar-refractivity contribution in [3.8, 4) is 0 Å². The molecule has 2 fully saturated rings. The first-order valence-electron chi connectivity index (χ1n) is 10.9. The van der Waals surface area contributed by atoms with E-state index in [4.69, 9.17) is 0 Å². The Morgan fingerprint density at radius 1 is 0.933 bits per heavy atom. The van der Waals surface area contributed by atoms with Gasteiger partial charge in [0, 0.05) is 19.6 Å². The van der Waals surface area contributed by atoms with Gasteiger partial charge in [-0.3, -0.25) is 4.79 Å². The second-order valence-electron chi connectivity index (χ2n) is 8.55. The summed E-state index contributed by atoms with van der Waals surface area (Å²) in [7, 11) is -3.65. The molecule has 1 atom stereocenters. The summed E-state index contributed by atoms with van der Waals surface area (Å²) in [5, 5.41) is 0. The Bertz CT molecular complexity index is 965. The number of nitrogens with zero attached hydrogens (tertiary/aromatic N) is 2. The van der Waals surface area contributed by atoms with E-state index in [0.717, 1.165) is 31.2 Å². The number of piperidine rings is 1. The van der Waals surface area contributed by atoms with Crippen molar-refractivity contribution in [2.75, 3.05) is 19.6 Å². The highest BCUT2D eigenvalue weighted by Gasteiger charge is 2.41. The molecule has 30 heavy (non-hydrogen) atoms. The molecule has 2 aromatic rings. The van der Waals surface area contributed by atoms with Crippen molar-refractivity contribution in [1.29, 1.82) is 0 Å². The van der Waals surface area contributed by atoms with Crippen LogP contribution in [0.1, 0.15) is 36.8 Å². The molecule has 0 saturated carbocycles. The molecule has 0 aliphatic carbocycles. The summed E-state index contributed by atoms with van der Waals surface area (Å²) in [6, 6.07) is 16.8. The summed E-state index contributed by atoms with van der Waals surface area (Å²) in [6.07, 6.45) is 4.32. The Labute approximate surface area is 179 Å². The second-order valence-corrected chi connectivity index (χ2v) is 10.4. The van der Waals surface area contributed by atoms with Gasteiger partial charge >= 0.3 is 0 Å². The zero-order valence-corrected chi connectivity index (χ0v) is 18.4. The summed E-state index contributed by atoms with van der Waals surface area (Å²) in [5.74, 6) is 0.550. The number of likely N-dealkylation sites (tertiary alicyclic amines) is 1. The summed E-state index contributed by atoms with van der Waals surface area (Å²) < 4.78 is 27.7. The van der Waals surface area contributed by atoms with Gasteiger partial charge < -0.3 is 4.90 Å². The van der Waals surface area contributed by atoms with Crippen LogP contribution >= 0.6 is 0 Å². The molecular formula is C24H30N2O3S. The van der Waals surface area contributed by atoms with Crippen molar-refractivity contribution in [3.05, 3.63) is 65.7 Å².